The van der Waals surface area contributed by atoms with E-state index in [2.05, 4.69) is 16.9 Å². The van der Waals surface area contributed by atoms with Crippen LogP contribution in [0.25, 0.3) is 11.0 Å². The Bertz CT molecular complexity index is 864. The first-order valence-corrected chi connectivity index (χ1v) is 9.30. The van der Waals surface area contributed by atoms with Crippen LogP contribution in [0.2, 0.25) is 0 Å². The number of fused-ring (bicyclic) bond motifs is 1. The van der Waals surface area contributed by atoms with Crippen molar-refractivity contribution in [3.05, 3.63) is 65.5 Å². The lowest BCUT2D eigenvalue weighted by Gasteiger charge is -2.13. The average molecular weight is 350 g/mol. The predicted molar refractivity (Wildman–Crippen MR) is 104 cm³/mol. The summed E-state index contributed by atoms with van der Waals surface area (Å²) in [7, 11) is 0. The van der Waals surface area contributed by atoms with E-state index in [1.165, 1.54) is 0 Å². The minimum Gasteiger partial charge on any atom is -0.487 e. The second-order valence-electron chi connectivity index (χ2n) is 6.62. The number of benzene rings is 2. The summed E-state index contributed by atoms with van der Waals surface area (Å²) in [6.45, 7) is 4.48. The number of hydrogen-bond donors (Lipinski definition) is 1. The van der Waals surface area contributed by atoms with Gasteiger partial charge in [0.1, 0.15) is 12.4 Å². The summed E-state index contributed by atoms with van der Waals surface area (Å²) in [6.07, 6.45) is 3.68. The van der Waals surface area contributed by atoms with Gasteiger partial charge < -0.3 is 9.84 Å². The molecule has 1 atom stereocenters. The molecule has 0 fully saturated rings. The number of aliphatic hydroxyl groups excluding tert-OH is 1. The summed E-state index contributed by atoms with van der Waals surface area (Å²) >= 11 is 0. The highest BCUT2D eigenvalue weighted by atomic mass is 16.5. The fourth-order valence-corrected chi connectivity index (χ4v) is 2.98. The van der Waals surface area contributed by atoms with E-state index in [9.17, 15) is 5.11 Å². The number of hydrogen-bond acceptors (Lipinski definition) is 4. The number of para-hydroxylation sites is 2. The molecule has 1 heterocycles. The molecule has 0 aliphatic carbocycles. The van der Waals surface area contributed by atoms with E-state index < -0.39 is 6.10 Å². The monoisotopic (exact) mass is 350 g/mol. The van der Waals surface area contributed by atoms with Gasteiger partial charge in [0.25, 0.3) is 0 Å². The zero-order valence-electron chi connectivity index (χ0n) is 15.5. The maximum atomic E-state index is 10.3. The Morgan fingerprint density at radius 3 is 2.54 bits per heavy atom. The summed E-state index contributed by atoms with van der Waals surface area (Å²) in [5.74, 6) is 0.742. The molecule has 1 N–H and O–H groups in total. The molecule has 0 bridgehead atoms. The number of rotatable bonds is 8. The van der Waals surface area contributed by atoms with Crippen LogP contribution in [0.5, 0.6) is 5.75 Å². The summed E-state index contributed by atoms with van der Waals surface area (Å²) in [4.78, 5) is 9.25. The van der Waals surface area contributed by atoms with Crippen molar-refractivity contribution in [2.75, 3.05) is 0 Å². The van der Waals surface area contributed by atoms with Gasteiger partial charge in [-0.2, -0.15) is 0 Å². The van der Waals surface area contributed by atoms with Crippen LogP contribution in [0.1, 0.15) is 55.7 Å². The fraction of sp³-hybridized carbons (Fsp3) is 0.364. The van der Waals surface area contributed by atoms with Gasteiger partial charge in [-0.1, -0.05) is 50.5 Å². The third-order valence-electron chi connectivity index (χ3n) is 4.54. The van der Waals surface area contributed by atoms with Crippen molar-refractivity contribution in [2.24, 2.45) is 0 Å². The van der Waals surface area contributed by atoms with E-state index in [0.717, 1.165) is 59.4 Å². The van der Waals surface area contributed by atoms with E-state index in [1.54, 1.807) is 0 Å². The minimum atomic E-state index is -0.438. The number of ether oxygens (including phenoxy) is 1. The molecule has 0 radical (unpaired) electrons. The van der Waals surface area contributed by atoms with Crippen LogP contribution in [-0.4, -0.2) is 15.1 Å². The zero-order valence-corrected chi connectivity index (χ0v) is 15.5. The first kappa shape index (κ1) is 18.3. The lowest BCUT2D eigenvalue weighted by molar-refractivity contribution is 0.163. The molecule has 0 aliphatic rings. The van der Waals surface area contributed by atoms with E-state index in [0.29, 0.717) is 6.61 Å². The highest BCUT2D eigenvalue weighted by molar-refractivity contribution is 5.74. The number of aliphatic hydroxyl groups is 1. The van der Waals surface area contributed by atoms with Crippen LogP contribution in [0.4, 0.5) is 0 Å². The van der Waals surface area contributed by atoms with Gasteiger partial charge in [0, 0.05) is 0 Å². The normalized spacial score (nSPS) is 12.3. The van der Waals surface area contributed by atoms with Crippen LogP contribution in [0.15, 0.2) is 48.5 Å². The van der Waals surface area contributed by atoms with E-state index in [1.807, 2.05) is 55.5 Å². The van der Waals surface area contributed by atoms with Crippen LogP contribution < -0.4 is 4.74 Å². The largest absolute Gasteiger partial charge is 0.487 e. The van der Waals surface area contributed by atoms with Gasteiger partial charge in [-0.05, 0) is 43.2 Å². The average Bonchev–Trinajstić information content (AvgIpc) is 2.66. The molecule has 0 saturated carbocycles. The number of aryl methyl sites for hydroxylation is 1. The van der Waals surface area contributed by atoms with Crippen molar-refractivity contribution in [3.8, 4) is 5.75 Å². The lowest BCUT2D eigenvalue weighted by atomic mass is 10.0. The Morgan fingerprint density at radius 2 is 1.77 bits per heavy atom. The Hall–Kier alpha value is -2.46. The van der Waals surface area contributed by atoms with E-state index in [4.69, 9.17) is 4.74 Å². The predicted octanol–water partition coefficient (Wildman–Crippen LogP) is 5.13. The molecule has 3 aromatic rings. The maximum absolute atomic E-state index is 10.3. The molecule has 4 nitrogen and oxygen atoms in total. The van der Waals surface area contributed by atoms with Gasteiger partial charge >= 0.3 is 0 Å². The fourth-order valence-electron chi connectivity index (χ4n) is 2.98. The third-order valence-corrected chi connectivity index (χ3v) is 4.54. The first-order chi connectivity index (χ1) is 12.7. The van der Waals surface area contributed by atoms with Gasteiger partial charge in [0.15, 0.2) is 0 Å². The maximum Gasteiger partial charge on any atom is 0.132 e. The van der Waals surface area contributed by atoms with E-state index in [-0.39, 0.29) is 0 Å². The molecular formula is C22H26N2O2. The minimum absolute atomic E-state index is 0.360. The SMILES string of the molecule is CCCCCC(O)c1cccc(OCc2nc3ccccc3nc2C)c1. The Balaban J connectivity index is 1.68. The molecule has 3 rings (SSSR count). The zero-order chi connectivity index (χ0) is 18.4. The van der Waals surface area contributed by atoms with Crippen molar-refractivity contribution >= 4 is 11.0 Å². The molecule has 0 saturated heterocycles. The molecule has 1 unspecified atom stereocenters. The highest BCUT2D eigenvalue weighted by Crippen LogP contribution is 2.24. The Morgan fingerprint density at radius 1 is 1.00 bits per heavy atom. The second-order valence-corrected chi connectivity index (χ2v) is 6.62. The van der Waals surface area contributed by atoms with Crippen molar-refractivity contribution in [1.82, 2.24) is 9.97 Å². The van der Waals surface area contributed by atoms with E-state index >= 15 is 0 Å². The molecule has 2 aromatic carbocycles. The molecule has 1 aromatic heterocycles. The molecule has 26 heavy (non-hydrogen) atoms. The number of aromatic nitrogens is 2. The molecule has 4 heteroatoms. The topological polar surface area (TPSA) is 55.2 Å². The van der Waals surface area contributed by atoms with Gasteiger partial charge in [-0.3, -0.25) is 0 Å². The van der Waals surface area contributed by atoms with Crippen molar-refractivity contribution in [2.45, 2.75) is 52.2 Å². The van der Waals surface area contributed by atoms with Crippen LogP contribution in [0, 0.1) is 6.92 Å². The number of unbranched alkanes of at least 4 members (excludes halogenated alkanes) is 2. The van der Waals surface area contributed by atoms with Crippen molar-refractivity contribution < 1.29 is 9.84 Å². The Labute approximate surface area is 154 Å². The summed E-state index contributed by atoms with van der Waals surface area (Å²) < 4.78 is 5.92. The summed E-state index contributed by atoms with van der Waals surface area (Å²) in [6, 6.07) is 15.5. The molecule has 0 spiro atoms. The first-order valence-electron chi connectivity index (χ1n) is 9.30. The van der Waals surface area contributed by atoms with Gasteiger partial charge in [0.2, 0.25) is 0 Å². The summed E-state index contributed by atoms with van der Waals surface area (Å²) in [5, 5.41) is 10.3. The van der Waals surface area contributed by atoms with Gasteiger partial charge in [-0.25, -0.2) is 9.97 Å². The van der Waals surface area contributed by atoms with Crippen molar-refractivity contribution in [3.63, 3.8) is 0 Å². The third kappa shape index (κ3) is 4.58. The smallest absolute Gasteiger partial charge is 0.132 e. The quantitative estimate of drug-likeness (QED) is 0.572. The molecule has 0 amide bonds. The van der Waals surface area contributed by atoms with Crippen LogP contribution in [0.3, 0.4) is 0 Å². The molecule has 0 aliphatic heterocycles. The van der Waals surface area contributed by atoms with Gasteiger partial charge in [0.05, 0.1) is 28.5 Å². The van der Waals surface area contributed by atoms with Crippen molar-refractivity contribution in [1.29, 1.82) is 0 Å². The number of nitrogens with zero attached hydrogens (tertiary/aromatic N) is 2. The van der Waals surface area contributed by atoms with Crippen LogP contribution >= 0.6 is 0 Å². The Kier molecular flexibility index (Phi) is 6.18. The molecular weight excluding hydrogens is 324 g/mol. The summed E-state index contributed by atoms with van der Waals surface area (Å²) in [5.41, 5.74) is 4.37. The molecule has 136 valence electrons. The standard InChI is InChI=1S/C22H26N2O2/c1-3-4-5-13-22(25)17-9-8-10-18(14-17)26-15-21-16(2)23-19-11-6-7-12-20(19)24-21/h6-12,14,22,25H,3-5,13,15H2,1-2H3. The lowest BCUT2D eigenvalue weighted by Crippen LogP contribution is -2.04. The second kappa shape index (κ2) is 8.77. The van der Waals surface area contributed by atoms with Gasteiger partial charge in [-0.15, -0.1) is 0 Å². The van der Waals surface area contributed by atoms with Crippen LogP contribution in [-0.2, 0) is 6.61 Å². The highest BCUT2D eigenvalue weighted by Gasteiger charge is 2.10.